The number of aromatic amines is 1. The first-order chi connectivity index (χ1) is 12.4. The molecule has 0 bridgehead atoms. The van der Waals surface area contributed by atoms with E-state index >= 15 is 0 Å². The van der Waals surface area contributed by atoms with Crippen molar-refractivity contribution in [1.82, 2.24) is 0 Å². The lowest BCUT2D eigenvalue weighted by molar-refractivity contribution is -0.410. The first kappa shape index (κ1) is 19.3. The SMILES string of the molecule is CC(C)Cc1c(C#N)c(N)[nH+]c(S[C@H](C(N)=O)c2ccccc2)c1C#N. The Labute approximate surface area is 156 Å². The molecule has 2 rings (SSSR count). The van der Waals surface area contributed by atoms with E-state index in [2.05, 4.69) is 17.1 Å². The average molecular weight is 366 g/mol. The van der Waals surface area contributed by atoms with Gasteiger partial charge in [-0.1, -0.05) is 55.9 Å². The number of primary amides is 1. The molecule has 7 heteroatoms. The molecule has 0 aliphatic carbocycles. The minimum atomic E-state index is -0.682. The lowest BCUT2D eigenvalue weighted by Gasteiger charge is -2.15. The minimum Gasteiger partial charge on any atom is -0.368 e. The monoisotopic (exact) mass is 366 g/mol. The summed E-state index contributed by atoms with van der Waals surface area (Å²) in [5, 5.41) is 18.9. The van der Waals surface area contributed by atoms with E-state index in [-0.39, 0.29) is 17.3 Å². The van der Waals surface area contributed by atoms with Crippen LogP contribution >= 0.6 is 11.8 Å². The molecule has 5 N–H and O–H groups in total. The third kappa shape index (κ3) is 4.14. The highest BCUT2D eigenvalue weighted by Crippen LogP contribution is 2.36. The lowest BCUT2D eigenvalue weighted by Crippen LogP contribution is -2.24. The van der Waals surface area contributed by atoms with Gasteiger partial charge in [-0.05, 0) is 17.9 Å². The number of nitrogen functional groups attached to an aromatic ring is 1. The van der Waals surface area contributed by atoms with Crippen molar-refractivity contribution in [3.05, 3.63) is 52.6 Å². The van der Waals surface area contributed by atoms with Crippen LogP contribution in [0.4, 0.5) is 5.82 Å². The van der Waals surface area contributed by atoms with E-state index in [1.54, 1.807) is 12.1 Å². The number of hydrogen-bond acceptors (Lipinski definition) is 5. The summed E-state index contributed by atoms with van der Waals surface area (Å²) in [5.74, 6) is -0.109. The summed E-state index contributed by atoms with van der Waals surface area (Å²) < 4.78 is 0. The first-order valence-electron chi connectivity index (χ1n) is 8.07. The number of anilines is 1. The number of nitrogens with zero attached hydrogens (tertiary/aromatic N) is 2. The number of nitrogens with two attached hydrogens (primary N) is 2. The van der Waals surface area contributed by atoms with Crippen LogP contribution in [0, 0.1) is 28.6 Å². The van der Waals surface area contributed by atoms with Crippen molar-refractivity contribution in [2.75, 3.05) is 5.73 Å². The van der Waals surface area contributed by atoms with Crippen LogP contribution in [0.15, 0.2) is 35.4 Å². The number of nitriles is 2. The van der Waals surface area contributed by atoms with Gasteiger partial charge in [0.05, 0.1) is 0 Å². The topological polar surface area (TPSA) is 131 Å². The van der Waals surface area contributed by atoms with Crippen molar-refractivity contribution >= 4 is 23.5 Å². The van der Waals surface area contributed by atoms with Gasteiger partial charge >= 0.3 is 0 Å². The summed E-state index contributed by atoms with van der Waals surface area (Å²) in [6.45, 7) is 4.00. The normalized spacial score (nSPS) is 11.6. The van der Waals surface area contributed by atoms with E-state index in [0.29, 0.717) is 22.6 Å². The van der Waals surface area contributed by atoms with Crippen LogP contribution in [0.25, 0.3) is 0 Å². The van der Waals surface area contributed by atoms with Crippen LogP contribution in [0.5, 0.6) is 0 Å². The Balaban J connectivity index is 2.59. The third-order valence-electron chi connectivity index (χ3n) is 3.78. The standard InChI is InChI=1S/C19H19N5OS/c1-11(2)8-13-14(9-20)17(22)24-19(15(13)10-21)26-16(18(23)25)12-6-4-3-5-7-12/h3-7,11,16H,8H2,1-2H3,(H2,22,24)(H2,23,25)/p+1/t16-/m0/s1. The number of carbonyl (C=O) groups excluding carboxylic acids is 1. The highest BCUT2D eigenvalue weighted by Gasteiger charge is 2.28. The summed E-state index contributed by atoms with van der Waals surface area (Å²) in [5.41, 5.74) is 13.5. The second kappa shape index (κ2) is 8.37. The van der Waals surface area contributed by atoms with E-state index in [4.69, 9.17) is 11.5 Å². The Hall–Kier alpha value is -3.03. The van der Waals surface area contributed by atoms with E-state index < -0.39 is 11.2 Å². The Morgan fingerprint density at radius 3 is 2.31 bits per heavy atom. The quantitative estimate of drug-likeness (QED) is 0.758. The van der Waals surface area contributed by atoms with Crippen molar-refractivity contribution in [2.45, 2.75) is 30.5 Å². The smallest absolute Gasteiger partial charge is 0.289 e. The van der Waals surface area contributed by atoms with E-state index in [1.165, 1.54) is 0 Å². The largest absolute Gasteiger partial charge is 0.368 e. The molecule has 2 aromatic rings. The van der Waals surface area contributed by atoms with Crippen LogP contribution in [0.1, 0.15) is 41.4 Å². The number of hydrogen-bond donors (Lipinski definition) is 2. The summed E-state index contributed by atoms with van der Waals surface area (Å²) in [7, 11) is 0. The first-order valence-corrected chi connectivity index (χ1v) is 8.95. The molecule has 6 nitrogen and oxygen atoms in total. The fourth-order valence-corrected chi connectivity index (χ4v) is 3.76. The van der Waals surface area contributed by atoms with Gasteiger partial charge in [-0.25, -0.2) is 4.98 Å². The molecule has 0 saturated heterocycles. The maximum absolute atomic E-state index is 12.0. The van der Waals surface area contributed by atoms with E-state index in [9.17, 15) is 15.3 Å². The number of rotatable bonds is 6. The number of benzene rings is 1. The number of carbonyl (C=O) groups is 1. The van der Waals surface area contributed by atoms with Gasteiger partial charge in [0.1, 0.15) is 28.5 Å². The van der Waals surface area contributed by atoms with E-state index in [0.717, 1.165) is 17.3 Å². The molecule has 0 spiro atoms. The molecule has 132 valence electrons. The molecule has 0 fully saturated rings. The number of amides is 1. The molecule has 1 amide bonds. The number of nitrogens with one attached hydrogen (secondary N) is 1. The minimum absolute atomic E-state index is 0.181. The van der Waals surface area contributed by atoms with Gasteiger partial charge in [-0.3, -0.25) is 10.5 Å². The predicted octanol–water partition coefficient (Wildman–Crippen LogP) is 2.34. The zero-order valence-electron chi connectivity index (χ0n) is 14.6. The number of pyridine rings is 1. The number of H-pyrrole nitrogens is 1. The fraction of sp³-hybridized carbons (Fsp3) is 0.263. The van der Waals surface area contributed by atoms with Crippen molar-refractivity contribution < 1.29 is 9.78 Å². The molecule has 1 heterocycles. The Morgan fingerprint density at radius 2 is 1.81 bits per heavy atom. The molecular weight excluding hydrogens is 346 g/mol. The molecule has 1 aromatic heterocycles. The van der Waals surface area contributed by atoms with Gasteiger partial charge in [-0.2, -0.15) is 10.5 Å². The molecule has 26 heavy (non-hydrogen) atoms. The molecule has 0 aliphatic heterocycles. The second-order valence-electron chi connectivity index (χ2n) is 6.23. The zero-order valence-corrected chi connectivity index (χ0v) is 15.4. The maximum Gasteiger partial charge on any atom is 0.289 e. The van der Waals surface area contributed by atoms with E-state index in [1.807, 2.05) is 32.0 Å². The van der Waals surface area contributed by atoms with Crippen molar-refractivity contribution in [1.29, 1.82) is 10.5 Å². The van der Waals surface area contributed by atoms with Gasteiger partial charge in [0.15, 0.2) is 5.03 Å². The van der Waals surface area contributed by atoms with Crippen molar-refractivity contribution in [2.24, 2.45) is 11.7 Å². The lowest BCUT2D eigenvalue weighted by atomic mass is 9.95. The highest BCUT2D eigenvalue weighted by atomic mass is 32.2. The molecule has 0 saturated carbocycles. The van der Waals surface area contributed by atoms with Crippen LogP contribution in [0.2, 0.25) is 0 Å². The van der Waals surface area contributed by atoms with Gasteiger partial charge < -0.3 is 5.73 Å². The second-order valence-corrected chi connectivity index (χ2v) is 7.34. The van der Waals surface area contributed by atoms with Gasteiger partial charge in [0.25, 0.3) is 5.82 Å². The number of thioether (sulfide) groups is 1. The molecule has 1 aromatic carbocycles. The summed E-state index contributed by atoms with van der Waals surface area (Å²) in [6.07, 6.45) is 0.533. The molecule has 0 unspecified atom stereocenters. The van der Waals surface area contributed by atoms with Crippen LogP contribution in [0.3, 0.4) is 0 Å². The highest BCUT2D eigenvalue weighted by molar-refractivity contribution is 8.00. The molecule has 1 atom stereocenters. The third-order valence-corrected chi connectivity index (χ3v) is 5.06. The van der Waals surface area contributed by atoms with Crippen LogP contribution in [-0.2, 0) is 11.2 Å². The molecular formula is C19H20N5OS+. The summed E-state index contributed by atoms with van der Waals surface area (Å²) in [4.78, 5) is 14.9. The Morgan fingerprint density at radius 1 is 1.19 bits per heavy atom. The summed E-state index contributed by atoms with van der Waals surface area (Å²) in [6, 6.07) is 13.3. The fourth-order valence-electron chi connectivity index (χ4n) is 2.65. The number of aromatic nitrogens is 1. The maximum atomic E-state index is 12.0. The molecule has 0 radical (unpaired) electrons. The van der Waals surface area contributed by atoms with Gasteiger partial charge in [0.2, 0.25) is 5.91 Å². The van der Waals surface area contributed by atoms with Crippen molar-refractivity contribution in [3.63, 3.8) is 0 Å². The van der Waals surface area contributed by atoms with Crippen LogP contribution in [-0.4, -0.2) is 5.91 Å². The Kier molecular flexibility index (Phi) is 6.21. The predicted molar refractivity (Wildman–Crippen MR) is 99.6 cm³/mol. The van der Waals surface area contributed by atoms with Gasteiger partial charge in [0, 0.05) is 5.56 Å². The zero-order chi connectivity index (χ0) is 19.3. The van der Waals surface area contributed by atoms with Gasteiger partial charge in [-0.15, -0.1) is 0 Å². The average Bonchev–Trinajstić information content (AvgIpc) is 2.60. The van der Waals surface area contributed by atoms with Crippen LogP contribution < -0.4 is 16.5 Å². The summed E-state index contributed by atoms with van der Waals surface area (Å²) >= 11 is 1.13. The Bertz CT molecular complexity index is 897. The van der Waals surface area contributed by atoms with Crippen molar-refractivity contribution in [3.8, 4) is 12.1 Å². The molecule has 0 aliphatic rings.